The van der Waals surface area contributed by atoms with Crippen LogP contribution in [0.5, 0.6) is 0 Å². The number of carbonyl (C=O) groups excluding carboxylic acids is 1. The Morgan fingerprint density at radius 1 is 1.45 bits per heavy atom. The molecule has 0 aromatic rings. The number of esters is 1. The lowest BCUT2D eigenvalue weighted by molar-refractivity contribution is -0.173. The number of carbonyl (C=O) groups is 1. The van der Waals surface area contributed by atoms with Gasteiger partial charge in [-0.15, -0.1) is 0 Å². The van der Waals surface area contributed by atoms with E-state index < -0.39 is 5.79 Å². The second kappa shape index (κ2) is 8.87. The van der Waals surface area contributed by atoms with E-state index in [0.717, 1.165) is 25.8 Å². The molecule has 1 fully saturated rings. The molecule has 0 spiro atoms. The standard InChI is InChI=1S/C14H27NO4S/c1-4-14(5-2)18-11-12(19-14)8-10-17-13(16)7-6-9-15(3)20/h12,20H,4-11H2,1-3H3. The van der Waals surface area contributed by atoms with Crippen molar-refractivity contribution in [1.29, 1.82) is 0 Å². The van der Waals surface area contributed by atoms with Gasteiger partial charge in [-0.2, -0.15) is 0 Å². The molecule has 6 heteroatoms. The SMILES string of the molecule is CCC1(CC)OCC(CCOC(=O)CCCN(C)S)O1. The molecule has 0 saturated carbocycles. The first kappa shape index (κ1) is 17.8. The van der Waals surface area contributed by atoms with Gasteiger partial charge in [0.05, 0.1) is 19.3 Å². The van der Waals surface area contributed by atoms with Crippen molar-refractivity contribution in [3.8, 4) is 0 Å². The molecule has 1 atom stereocenters. The topological polar surface area (TPSA) is 48.0 Å². The van der Waals surface area contributed by atoms with Gasteiger partial charge in [0, 0.05) is 19.4 Å². The molecular weight excluding hydrogens is 278 g/mol. The highest BCUT2D eigenvalue weighted by Gasteiger charge is 2.38. The Morgan fingerprint density at radius 3 is 2.70 bits per heavy atom. The molecule has 0 amide bonds. The van der Waals surface area contributed by atoms with Gasteiger partial charge in [-0.25, -0.2) is 0 Å². The highest BCUT2D eigenvalue weighted by Crippen LogP contribution is 2.31. The Bertz CT molecular complexity index is 295. The first-order chi connectivity index (χ1) is 9.51. The van der Waals surface area contributed by atoms with Crippen LogP contribution in [0.3, 0.4) is 0 Å². The minimum atomic E-state index is -0.425. The second-order valence-electron chi connectivity index (χ2n) is 5.16. The molecule has 1 aliphatic rings. The number of thiol groups is 1. The fourth-order valence-electron chi connectivity index (χ4n) is 2.21. The van der Waals surface area contributed by atoms with E-state index in [0.29, 0.717) is 26.1 Å². The van der Waals surface area contributed by atoms with Gasteiger partial charge >= 0.3 is 5.97 Å². The van der Waals surface area contributed by atoms with Crippen molar-refractivity contribution in [2.75, 3.05) is 26.8 Å². The van der Waals surface area contributed by atoms with Gasteiger partial charge < -0.3 is 14.2 Å². The van der Waals surface area contributed by atoms with Crippen LogP contribution in [0.1, 0.15) is 46.0 Å². The summed E-state index contributed by atoms with van der Waals surface area (Å²) in [5.74, 6) is -0.581. The number of hydrogen-bond donors (Lipinski definition) is 1. The van der Waals surface area contributed by atoms with Gasteiger partial charge in [-0.1, -0.05) is 26.7 Å². The maximum absolute atomic E-state index is 11.5. The van der Waals surface area contributed by atoms with E-state index in [4.69, 9.17) is 14.2 Å². The van der Waals surface area contributed by atoms with Crippen molar-refractivity contribution in [3.63, 3.8) is 0 Å². The largest absolute Gasteiger partial charge is 0.466 e. The van der Waals surface area contributed by atoms with Gasteiger partial charge in [-0.3, -0.25) is 9.10 Å². The molecule has 1 heterocycles. The first-order valence-electron chi connectivity index (χ1n) is 7.38. The zero-order valence-corrected chi connectivity index (χ0v) is 13.7. The lowest BCUT2D eigenvalue weighted by atomic mass is 10.1. The predicted octanol–water partition coefficient (Wildman–Crippen LogP) is 2.41. The summed E-state index contributed by atoms with van der Waals surface area (Å²) in [7, 11) is 1.86. The van der Waals surface area contributed by atoms with Crippen LogP contribution >= 0.6 is 12.8 Å². The monoisotopic (exact) mass is 305 g/mol. The average Bonchev–Trinajstić information content (AvgIpc) is 2.83. The van der Waals surface area contributed by atoms with E-state index in [9.17, 15) is 4.79 Å². The van der Waals surface area contributed by atoms with Crippen LogP contribution in [0.25, 0.3) is 0 Å². The maximum Gasteiger partial charge on any atom is 0.305 e. The lowest BCUT2D eigenvalue weighted by Crippen LogP contribution is -2.29. The molecule has 1 rings (SSSR count). The molecule has 1 aliphatic heterocycles. The molecule has 20 heavy (non-hydrogen) atoms. The fourth-order valence-corrected chi connectivity index (χ4v) is 2.35. The van der Waals surface area contributed by atoms with Gasteiger partial charge in [0.15, 0.2) is 5.79 Å². The molecule has 0 radical (unpaired) electrons. The first-order valence-corrected chi connectivity index (χ1v) is 7.78. The van der Waals surface area contributed by atoms with E-state index in [1.165, 1.54) is 0 Å². The van der Waals surface area contributed by atoms with E-state index in [2.05, 4.69) is 26.7 Å². The molecule has 0 aromatic heterocycles. The Hall–Kier alpha value is -0.300. The summed E-state index contributed by atoms with van der Waals surface area (Å²) in [5.41, 5.74) is 0. The van der Waals surface area contributed by atoms with Gasteiger partial charge in [-0.05, 0) is 26.3 Å². The normalized spacial score (nSPS) is 21.4. The van der Waals surface area contributed by atoms with E-state index in [-0.39, 0.29) is 12.1 Å². The zero-order chi connectivity index (χ0) is 15.0. The molecule has 0 aliphatic carbocycles. The van der Waals surface area contributed by atoms with Crippen LogP contribution in [0.4, 0.5) is 0 Å². The van der Waals surface area contributed by atoms with Crippen molar-refractivity contribution < 1.29 is 19.0 Å². The van der Waals surface area contributed by atoms with Crippen molar-refractivity contribution >= 4 is 18.8 Å². The third-order valence-corrected chi connectivity index (χ3v) is 3.76. The third-order valence-electron chi connectivity index (χ3n) is 3.56. The van der Waals surface area contributed by atoms with Crippen LogP contribution in [0.15, 0.2) is 0 Å². The minimum Gasteiger partial charge on any atom is -0.466 e. The smallest absolute Gasteiger partial charge is 0.305 e. The van der Waals surface area contributed by atoms with Crippen molar-refractivity contribution in [3.05, 3.63) is 0 Å². The molecule has 1 unspecified atom stereocenters. The third kappa shape index (κ3) is 5.99. The predicted molar refractivity (Wildman–Crippen MR) is 80.6 cm³/mol. The van der Waals surface area contributed by atoms with Crippen LogP contribution in [-0.4, -0.2) is 49.0 Å². The van der Waals surface area contributed by atoms with Gasteiger partial charge in [0.2, 0.25) is 0 Å². The molecule has 0 bridgehead atoms. The van der Waals surface area contributed by atoms with Crippen LogP contribution in [0.2, 0.25) is 0 Å². The summed E-state index contributed by atoms with van der Waals surface area (Å²) in [6.07, 6.45) is 3.61. The second-order valence-corrected chi connectivity index (χ2v) is 5.85. The zero-order valence-electron chi connectivity index (χ0n) is 12.8. The lowest BCUT2D eigenvalue weighted by Gasteiger charge is -2.24. The molecule has 1 saturated heterocycles. The number of rotatable bonds is 9. The highest BCUT2D eigenvalue weighted by molar-refractivity contribution is 7.77. The molecule has 0 N–H and O–H groups in total. The number of hydrogen-bond acceptors (Lipinski definition) is 6. The Balaban J connectivity index is 2.11. The van der Waals surface area contributed by atoms with E-state index >= 15 is 0 Å². The maximum atomic E-state index is 11.5. The molecular formula is C14H27NO4S. The summed E-state index contributed by atoms with van der Waals surface area (Å²) in [6.45, 7) is 5.87. The van der Waals surface area contributed by atoms with Crippen molar-refractivity contribution in [1.82, 2.24) is 4.31 Å². The quantitative estimate of drug-likeness (QED) is 0.523. The number of nitrogens with zero attached hydrogens (tertiary/aromatic N) is 1. The summed E-state index contributed by atoms with van der Waals surface area (Å²) in [4.78, 5) is 11.5. The van der Waals surface area contributed by atoms with Gasteiger partial charge in [0.1, 0.15) is 0 Å². The summed E-state index contributed by atoms with van der Waals surface area (Å²) in [5, 5.41) is 0. The Morgan fingerprint density at radius 2 is 2.15 bits per heavy atom. The highest BCUT2D eigenvalue weighted by atomic mass is 32.1. The average molecular weight is 305 g/mol. The Labute approximate surface area is 127 Å². The van der Waals surface area contributed by atoms with E-state index in [1.807, 2.05) is 7.05 Å². The summed E-state index contributed by atoms with van der Waals surface area (Å²) in [6, 6.07) is 0. The van der Waals surface area contributed by atoms with Gasteiger partial charge in [0.25, 0.3) is 0 Å². The van der Waals surface area contributed by atoms with Crippen molar-refractivity contribution in [2.24, 2.45) is 0 Å². The summed E-state index contributed by atoms with van der Waals surface area (Å²) >= 11 is 4.12. The number of ether oxygens (including phenoxy) is 3. The molecule has 118 valence electrons. The molecule has 0 aromatic carbocycles. The van der Waals surface area contributed by atoms with Crippen LogP contribution in [0, 0.1) is 0 Å². The minimum absolute atomic E-state index is 0.0336. The Kier molecular flexibility index (Phi) is 7.87. The van der Waals surface area contributed by atoms with Crippen molar-refractivity contribution in [2.45, 2.75) is 57.8 Å². The molecule has 5 nitrogen and oxygen atoms in total. The summed E-state index contributed by atoms with van der Waals surface area (Å²) < 4.78 is 18.6. The van der Waals surface area contributed by atoms with E-state index in [1.54, 1.807) is 4.31 Å². The fraction of sp³-hybridized carbons (Fsp3) is 0.929. The van der Waals surface area contributed by atoms with Crippen LogP contribution < -0.4 is 0 Å². The van der Waals surface area contributed by atoms with Crippen LogP contribution in [-0.2, 0) is 19.0 Å².